The Hall–Kier alpha value is -2.86. The lowest BCUT2D eigenvalue weighted by Gasteiger charge is -2.22. The number of amides is 2. The number of oxime groups is 1. The number of benzene rings is 2. The quantitative estimate of drug-likeness (QED) is 0.839. The molecule has 2 aliphatic rings. The van der Waals surface area contributed by atoms with Crippen molar-refractivity contribution < 1.29 is 14.4 Å². The number of halogens is 1. The molecule has 7 heteroatoms. The largest absolute Gasteiger partial charge is 0.384 e. The standard InChI is InChI=1S/C22H22ClN3O3/c1-13-6-16(9-17(23)7-13)22(3)10-19(25-29-22)15-4-5-18(14(2)8-15)21(28)26-11-20(27)24-12-26/h4-9H,10-12H2,1-3H3,(H,24,27). The first-order chi connectivity index (χ1) is 13.7. The van der Waals surface area contributed by atoms with Crippen LogP contribution >= 0.6 is 11.6 Å². The molecule has 2 aromatic carbocycles. The number of hydrogen-bond donors (Lipinski definition) is 1. The van der Waals surface area contributed by atoms with Gasteiger partial charge in [-0.25, -0.2) is 0 Å². The van der Waals surface area contributed by atoms with Gasteiger partial charge in [0.15, 0.2) is 5.60 Å². The van der Waals surface area contributed by atoms with Crippen molar-refractivity contribution in [2.24, 2.45) is 5.16 Å². The molecule has 0 bridgehead atoms. The molecule has 1 unspecified atom stereocenters. The van der Waals surface area contributed by atoms with Crippen molar-refractivity contribution in [3.8, 4) is 0 Å². The fourth-order valence-electron chi connectivity index (χ4n) is 3.76. The second kappa shape index (κ2) is 7.19. The van der Waals surface area contributed by atoms with Gasteiger partial charge in [-0.1, -0.05) is 28.9 Å². The van der Waals surface area contributed by atoms with Gasteiger partial charge in [0, 0.05) is 17.0 Å². The molecule has 6 nitrogen and oxygen atoms in total. The SMILES string of the molecule is Cc1cc(Cl)cc(C2(C)CC(c3ccc(C(=O)N4CNC(=O)C4)c(C)c3)=NO2)c1. The predicted molar refractivity (Wildman–Crippen MR) is 111 cm³/mol. The summed E-state index contributed by atoms with van der Waals surface area (Å²) in [5.41, 5.74) is 4.62. The second-order valence-electron chi connectivity index (χ2n) is 7.85. The van der Waals surface area contributed by atoms with Crippen LogP contribution in [0.5, 0.6) is 0 Å². The first-order valence-electron chi connectivity index (χ1n) is 9.45. The highest BCUT2D eigenvalue weighted by atomic mass is 35.5. The summed E-state index contributed by atoms with van der Waals surface area (Å²) >= 11 is 6.22. The van der Waals surface area contributed by atoms with Crippen LogP contribution in [-0.2, 0) is 15.2 Å². The lowest BCUT2D eigenvalue weighted by molar-refractivity contribution is -0.118. The predicted octanol–water partition coefficient (Wildman–Crippen LogP) is 3.53. The Morgan fingerprint density at radius 1 is 1.24 bits per heavy atom. The number of carbonyl (C=O) groups excluding carboxylic acids is 2. The molecule has 2 aromatic rings. The van der Waals surface area contributed by atoms with Crippen LogP contribution < -0.4 is 5.32 Å². The van der Waals surface area contributed by atoms with Crippen LogP contribution in [-0.4, -0.2) is 35.6 Å². The summed E-state index contributed by atoms with van der Waals surface area (Å²) in [4.78, 5) is 31.4. The molecule has 1 fully saturated rings. The minimum atomic E-state index is -0.588. The zero-order valence-corrected chi connectivity index (χ0v) is 17.3. The van der Waals surface area contributed by atoms with Gasteiger partial charge in [-0.3, -0.25) is 9.59 Å². The van der Waals surface area contributed by atoms with E-state index in [2.05, 4.69) is 16.5 Å². The summed E-state index contributed by atoms with van der Waals surface area (Å²) in [6, 6.07) is 11.5. The van der Waals surface area contributed by atoms with E-state index in [0.717, 1.165) is 28.0 Å². The number of rotatable bonds is 3. The average molecular weight is 412 g/mol. The van der Waals surface area contributed by atoms with Gasteiger partial charge < -0.3 is 15.1 Å². The maximum Gasteiger partial charge on any atom is 0.256 e. The van der Waals surface area contributed by atoms with Crippen LogP contribution in [0.1, 0.15) is 46.0 Å². The van der Waals surface area contributed by atoms with Crippen molar-refractivity contribution in [3.05, 3.63) is 69.2 Å². The van der Waals surface area contributed by atoms with Gasteiger partial charge in [0.25, 0.3) is 5.91 Å². The van der Waals surface area contributed by atoms with E-state index in [1.807, 2.05) is 45.0 Å². The molecule has 0 aliphatic carbocycles. The zero-order chi connectivity index (χ0) is 20.8. The van der Waals surface area contributed by atoms with Gasteiger partial charge in [-0.15, -0.1) is 0 Å². The molecule has 4 rings (SSSR count). The maximum atomic E-state index is 12.7. The van der Waals surface area contributed by atoms with E-state index < -0.39 is 5.60 Å². The van der Waals surface area contributed by atoms with E-state index in [0.29, 0.717) is 17.0 Å². The number of nitrogens with zero attached hydrogens (tertiary/aromatic N) is 2. The lowest BCUT2D eigenvalue weighted by atomic mass is 9.88. The molecule has 2 heterocycles. The van der Waals surface area contributed by atoms with Crippen molar-refractivity contribution in [1.29, 1.82) is 0 Å². The maximum absolute atomic E-state index is 12.7. The van der Waals surface area contributed by atoms with E-state index >= 15 is 0 Å². The van der Waals surface area contributed by atoms with Crippen molar-refractivity contribution in [2.45, 2.75) is 32.8 Å². The van der Waals surface area contributed by atoms with Crippen molar-refractivity contribution in [2.75, 3.05) is 13.2 Å². The van der Waals surface area contributed by atoms with Crippen molar-refractivity contribution in [1.82, 2.24) is 10.2 Å². The third-order valence-corrected chi connectivity index (χ3v) is 5.61. The molecular weight excluding hydrogens is 390 g/mol. The van der Waals surface area contributed by atoms with Crippen molar-refractivity contribution >= 4 is 29.1 Å². The summed E-state index contributed by atoms with van der Waals surface area (Å²) < 4.78 is 0. The highest BCUT2D eigenvalue weighted by Gasteiger charge is 2.37. The fourth-order valence-corrected chi connectivity index (χ4v) is 4.05. The van der Waals surface area contributed by atoms with E-state index in [-0.39, 0.29) is 25.0 Å². The summed E-state index contributed by atoms with van der Waals surface area (Å²) in [5, 5.41) is 7.64. The molecule has 2 aliphatic heterocycles. The summed E-state index contributed by atoms with van der Waals surface area (Å²) in [5.74, 6) is -0.295. The van der Waals surface area contributed by atoms with E-state index in [1.165, 1.54) is 4.90 Å². The summed E-state index contributed by atoms with van der Waals surface area (Å²) in [6.45, 7) is 6.22. The molecule has 0 saturated carbocycles. The topological polar surface area (TPSA) is 71.0 Å². The Bertz CT molecular complexity index is 1030. The Morgan fingerprint density at radius 3 is 2.69 bits per heavy atom. The van der Waals surface area contributed by atoms with Crippen LogP contribution in [0.4, 0.5) is 0 Å². The first-order valence-corrected chi connectivity index (χ1v) is 9.83. The molecule has 29 heavy (non-hydrogen) atoms. The summed E-state index contributed by atoms with van der Waals surface area (Å²) in [6.07, 6.45) is 0.601. The van der Waals surface area contributed by atoms with E-state index in [4.69, 9.17) is 16.4 Å². The molecule has 150 valence electrons. The minimum Gasteiger partial charge on any atom is -0.384 e. The highest BCUT2D eigenvalue weighted by molar-refractivity contribution is 6.30. The number of aryl methyl sites for hydroxylation is 2. The van der Waals surface area contributed by atoms with Gasteiger partial charge in [0.05, 0.1) is 12.4 Å². The number of carbonyl (C=O) groups is 2. The van der Waals surface area contributed by atoms with Crippen LogP contribution in [0, 0.1) is 13.8 Å². The average Bonchev–Trinajstić information content (AvgIpc) is 3.27. The third kappa shape index (κ3) is 3.72. The minimum absolute atomic E-state index is 0.0952. The van der Waals surface area contributed by atoms with Crippen LogP contribution in [0.2, 0.25) is 5.02 Å². The van der Waals surface area contributed by atoms with Crippen LogP contribution in [0.15, 0.2) is 41.6 Å². The molecule has 0 aromatic heterocycles. The van der Waals surface area contributed by atoms with Crippen molar-refractivity contribution in [3.63, 3.8) is 0 Å². The Morgan fingerprint density at radius 2 is 2.03 bits per heavy atom. The van der Waals surface area contributed by atoms with Gasteiger partial charge in [0.1, 0.15) is 6.54 Å². The zero-order valence-electron chi connectivity index (χ0n) is 16.6. The van der Waals surface area contributed by atoms with Gasteiger partial charge in [0.2, 0.25) is 5.91 Å². The lowest BCUT2D eigenvalue weighted by Crippen LogP contribution is -2.30. The number of hydrogen-bond acceptors (Lipinski definition) is 4. The van der Waals surface area contributed by atoms with Crippen LogP contribution in [0.3, 0.4) is 0 Å². The Labute approximate surface area is 174 Å². The van der Waals surface area contributed by atoms with Gasteiger partial charge >= 0.3 is 0 Å². The van der Waals surface area contributed by atoms with E-state index in [9.17, 15) is 9.59 Å². The van der Waals surface area contributed by atoms with Gasteiger partial charge in [-0.05, 0) is 67.3 Å². The third-order valence-electron chi connectivity index (χ3n) is 5.39. The Kier molecular flexibility index (Phi) is 4.82. The molecule has 1 atom stereocenters. The highest BCUT2D eigenvalue weighted by Crippen LogP contribution is 2.37. The molecule has 0 radical (unpaired) electrons. The fraction of sp³-hybridized carbons (Fsp3) is 0.318. The smallest absolute Gasteiger partial charge is 0.256 e. The monoisotopic (exact) mass is 411 g/mol. The van der Waals surface area contributed by atoms with E-state index in [1.54, 1.807) is 6.07 Å². The normalized spacial score (nSPS) is 21.0. The molecule has 1 saturated heterocycles. The van der Waals surface area contributed by atoms with Gasteiger partial charge in [-0.2, -0.15) is 0 Å². The molecular formula is C22H22ClN3O3. The molecule has 2 amide bonds. The molecule has 1 N–H and O–H groups in total. The number of nitrogens with one attached hydrogen (secondary N) is 1. The molecule has 0 spiro atoms. The Balaban J connectivity index is 1.54. The van der Waals surface area contributed by atoms with Crippen LogP contribution in [0.25, 0.3) is 0 Å². The first kappa shape index (κ1) is 19.5. The second-order valence-corrected chi connectivity index (χ2v) is 8.28. The summed E-state index contributed by atoms with van der Waals surface area (Å²) in [7, 11) is 0.